The van der Waals surface area contributed by atoms with Crippen LogP contribution in [0.3, 0.4) is 0 Å². The van der Waals surface area contributed by atoms with Crippen molar-refractivity contribution in [3.8, 4) is 5.69 Å². The molecule has 3 nitrogen and oxygen atoms in total. The Labute approximate surface area is 120 Å². The summed E-state index contributed by atoms with van der Waals surface area (Å²) in [6, 6.07) is 3.90. The van der Waals surface area contributed by atoms with Crippen LogP contribution >= 0.6 is 34.8 Å². The first-order valence-corrected chi connectivity index (χ1v) is 6.73. The van der Waals surface area contributed by atoms with Crippen molar-refractivity contribution in [1.29, 1.82) is 0 Å². The van der Waals surface area contributed by atoms with Crippen molar-refractivity contribution in [2.45, 2.75) is 18.9 Å². The third-order valence-electron chi connectivity index (χ3n) is 2.80. The smallest absolute Gasteiger partial charge is 0.207 e. The van der Waals surface area contributed by atoms with Gasteiger partial charge in [0.1, 0.15) is 0 Å². The van der Waals surface area contributed by atoms with E-state index in [-0.39, 0.29) is 0 Å². The highest BCUT2D eigenvalue weighted by molar-refractivity contribution is 6.43. The zero-order valence-corrected chi connectivity index (χ0v) is 11.6. The lowest BCUT2D eigenvalue weighted by atomic mass is 10.3. The molecule has 2 aromatic rings. The van der Waals surface area contributed by atoms with Gasteiger partial charge >= 0.3 is 0 Å². The quantitative estimate of drug-likeness (QED) is 0.851. The van der Waals surface area contributed by atoms with Gasteiger partial charge < -0.3 is 5.32 Å². The van der Waals surface area contributed by atoms with Gasteiger partial charge in [0.05, 0.1) is 20.8 Å². The van der Waals surface area contributed by atoms with E-state index in [9.17, 15) is 0 Å². The predicted molar refractivity (Wildman–Crippen MR) is 75.2 cm³/mol. The van der Waals surface area contributed by atoms with Gasteiger partial charge in [0.2, 0.25) is 5.95 Å². The molecule has 0 unspecified atom stereocenters. The summed E-state index contributed by atoms with van der Waals surface area (Å²) in [6.07, 6.45) is 5.93. The van der Waals surface area contributed by atoms with Gasteiger partial charge in [0.15, 0.2) is 0 Å². The van der Waals surface area contributed by atoms with Crippen molar-refractivity contribution in [2.24, 2.45) is 0 Å². The highest BCUT2D eigenvalue weighted by Gasteiger charge is 2.23. The first-order chi connectivity index (χ1) is 8.65. The maximum atomic E-state index is 6.20. The van der Waals surface area contributed by atoms with Crippen LogP contribution in [0, 0.1) is 0 Å². The summed E-state index contributed by atoms with van der Waals surface area (Å²) in [5.74, 6) is 0.776. The molecule has 0 spiro atoms. The first kappa shape index (κ1) is 12.2. The van der Waals surface area contributed by atoms with Crippen LogP contribution < -0.4 is 5.32 Å². The predicted octanol–water partition coefficient (Wildman–Crippen LogP) is 4.41. The zero-order valence-electron chi connectivity index (χ0n) is 9.33. The summed E-state index contributed by atoms with van der Waals surface area (Å²) < 4.78 is 1.88. The first-order valence-electron chi connectivity index (χ1n) is 5.60. The van der Waals surface area contributed by atoms with E-state index in [4.69, 9.17) is 34.8 Å². The van der Waals surface area contributed by atoms with Gasteiger partial charge in [-0.15, -0.1) is 0 Å². The van der Waals surface area contributed by atoms with Gasteiger partial charge in [-0.2, -0.15) is 0 Å². The Morgan fingerprint density at radius 1 is 1.11 bits per heavy atom. The molecule has 1 N–H and O–H groups in total. The molecule has 6 heteroatoms. The molecule has 1 aliphatic carbocycles. The molecular formula is C12H10Cl3N3. The van der Waals surface area contributed by atoms with Crippen molar-refractivity contribution in [3.05, 3.63) is 39.6 Å². The molecule has 0 aliphatic heterocycles. The minimum absolute atomic E-state index is 0.447. The molecule has 94 valence electrons. The molecule has 1 aliphatic rings. The minimum atomic E-state index is 0.447. The Balaban J connectivity index is 2.03. The molecule has 1 fully saturated rings. The van der Waals surface area contributed by atoms with Crippen LogP contribution in [-0.2, 0) is 0 Å². The fraction of sp³-hybridized carbons (Fsp3) is 0.250. The van der Waals surface area contributed by atoms with Gasteiger partial charge in [-0.1, -0.05) is 34.8 Å². The average molecular weight is 303 g/mol. The van der Waals surface area contributed by atoms with Crippen LogP contribution in [0.4, 0.5) is 5.95 Å². The van der Waals surface area contributed by atoms with E-state index in [0.717, 1.165) is 11.6 Å². The third-order valence-corrected chi connectivity index (χ3v) is 3.83. The van der Waals surface area contributed by atoms with Crippen molar-refractivity contribution in [3.63, 3.8) is 0 Å². The molecule has 3 rings (SSSR count). The molecule has 0 saturated heterocycles. The van der Waals surface area contributed by atoms with E-state index in [2.05, 4.69) is 10.3 Å². The fourth-order valence-electron chi connectivity index (χ4n) is 1.71. The van der Waals surface area contributed by atoms with Crippen molar-refractivity contribution >= 4 is 40.8 Å². The Morgan fingerprint density at radius 3 is 2.56 bits per heavy atom. The monoisotopic (exact) mass is 301 g/mol. The van der Waals surface area contributed by atoms with E-state index < -0.39 is 0 Å². The van der Waals surface area contributed by atoms with Crippen LogP contribution in [0.15, 0.2) is 24.5 Å². The molecule has 1 saturated carbocycles. The summed E-state index contributed by atoms with van der Waals surface area (Å²) >= 11 is 18.2. The molecule has 0 atom stereocenters. The van der Waals surface area contributed by atoms with E-state index in [1.54, 1.807) is 18.3 Å². The van der Waals surface area contributed by atoms with Crippen LogP contribution in [0.2, 0.25) is 15.1 Å². The van der Waals surface area contributed by atoms with Crippen LogP contribution in [0.5, 0.6) is 0 Å². The van der Waals surface area contributed by atoms with Gasteiger partial charge in [-0.25, -0.2) is 4.98 Å². The Hall–Kier alpha value is -0.900. The van der Waals surface area contributed by atoms with Crippen molar-refractivity contribution in [2.75, 3.05) is 5.32 Å². The highest BCUT2D eigenvalue weighted by atomic mass is 35.5. The Bertz CT molecular complexity index is 590. The number of nitrogens with one attached hydrogen (secondary N) is 1. The molecule has 0 amide bonds. The van der Waals surface area contributed by atoms with Crippen LogP contribution in [0.1, 0.15) is 12.8 Å². The second-order valence-electron chi connectivity index (χ2n) is 4.26. The molecule has 1 heterocycles. The normalized spacial score (nSPS) is 14.8. The number of hydrogen-bond acceptors (Lipinski definition) is 2. The summed E-state index contributed by atoms with van der Waals surface area (Å²) in [6.45, 7) is 0. The number of halogens is 3. The number of aromatic nitrogens is 2. The molecule has 1 aromatic heterocycles. The highest BCUT2D eigenvalue weighted by Crippen LogP contribution is 2.33. The summed E-state index contributed by atoms with van der Waals surface area (Å²) in [5, 5.41) is 4.80. The van der Waals surface area contributed by atoms with Crippen molar-refractivity contribution < 1.29 is 0 Å². The topological polar surface area (TPSA) is 29.9 Å². The lowest BCUT2D eigenvalue weighted by Crippen LogP contribution is -2.08. The summed E-state index contributed by atoms with van der Waals surface area (Å²) in [7, 11) is 0. The third kappa shape index (κ3) is 2.30. The van der Waals surface area contributed by atoms with E-state index >= 15 is 0 Å². The van der Waals surface area contributed by atoms with Crippen LogP contribution in [0.25, 0.3) is 5.69 Å². The van der Waals surface area contributed by atoms with Crippen LogP contribution in [-0.4, -0.2) is 15.6 Å². The van der Waals surface area contributed by atoms with Gasteiger partial charge in [0, 0.05) is 18.4 Å². The average Bonchev–Trinajstić information content (AvgIpc) is 3.02. The lowest BCUT2D eigenvalue weighted by molar-refractivity contribution is 1.00. The number of benzene rings is 1. The largest absolute Gasteiger partial charge is 0.353 e. The fourth-order valence-corrected chi connectivity index (χ4v) is 2.34. The zero-order chi connectivity index (χ0) is 12.7. The standard InChI is InChI=1S/C12H10Cl3N3/c13-8-5-10(15)11(6-9(8)14)18-4-3-16-12(18)17-7-1-2-7/h3-7H,1-2H2,(H,16,17). The van der Waals surface area contributed by atoms with Crippen molar-refractivity contribution in [1.82, 2.24) is 9.55 Å². The molecule has 0 bridgehead atoms. The second kappa shape index (κ2) is 4.65. The van der Waals surface area contributed by atoms with E-state index in [0.29, 0.717) is 21.1 Å². The molecule has 0 radical (unpaired) electrons. The number of imidazole rings is 1. The number of nitrogens with zero attached hydrogens (tertiary/aromatic N) is 2. The molecule has 18 heavy (non-hydrogen) atoms. The van der Waals surface area contributed by atoms with E-state index in [1.807, 2.05) is 10.8 Å². The summed E-state index contributed by atoms with van der Waals surface area (Å²) in [5.41, 5.74) is 0.770. The van der Waals surface area contributed by atoms with E-state index in [1.165, 1.54) is 12.8 Å². The maximum Gasteiger partial charge on any atom is 0.207 e. The summed E-state index contributed by atoms with van der Waals surface area (Å²) in [4.78, 5) is 4.28. The van der Waals surface area contributed by atoms with Gasteiger partial charge in [-0.05, 0) is 25.0 Å². The molecule has 1 aromatic carbocycles. The number of anilines is 1. The Kier molecular flexibility index (Phi) is 3.14. The van der Waals surface area contributed by atoms with Gasteiger partial charge in [-0.3, -0.25) is 4.57 Å². The number of rotatable bonds is 3. The van der Waals surface area contributed by atoms with Gasteiger partial charge in [0.25, 0.3) is 0 Å². The minimum Gasteiger partial charge on any atom is -0.353 e. The lowest BCUT2D eigenvalue weighted by Gasteiger charge is -2.11. The molecular weight excluding hydrogens is 293 g/mol. The SMILES string of the molecule is Clc1cc(Cl)c(-n2ccnc2NC2CC2)cc1Cl. The maximum absolute atomic E-state index is 6.20. The number of hydrogen-bond donors (Lipinski definition) is 1. The second-order valence-corrected chi connectivity index (χ2v) is 5.48. The Morgan fingerprint density at radius 2 is 1.83 bits per heavy atom.